The van der Waals surface area contributed by atoms with E-state index in [2.05, 4.69) is 6.58 Å². The molecule has 154 valence electrons. The molecule has 0 saturated heterocycles. The summed E-state index contributed by atoms with van der Waals surface area (Å²) < 4.78 is 5.99. The molecule has 2 saturated carbocycles. The first-order valence-corrected chi connectivity index (χ1v) is 10.5. The van der Waals surface area contributed by atoms with Crippen LogP contribution >= 0.6 is 0 Å². The van der Waals surface area contributed by atoms with E-state index >= 15 is 0 Å². The minimum atomic E-state index is -0.373. The van der Waals surface area contributed by atoms with E-state index < -0.39 is 0 Å². The number of hydrogen-bond donors (Lipinski definition) is 2. The Morgan fingerprint density at radius 2 is 1.93 bits per heavy atom. The Balaban J connectivity index is 1.46. The highest BCUT2D eigenvalue weighted by Gasteiger charge is 2.34. The van der Waals surface area contributed by atoms with Crippen LogP contribution in [0.5, 0.6) is 5.75 Å². The van der Waals surface area contributed by atoms with Crippen molar-refractivity contribution in [2.24, 2.45) is 17.6 Å². The molecule has 3 rings (SSSR count). The summed E-state index contributed by atoms with van der Waals surface area (Å²) in [6.07, 6.45) is 7.47. The molecule has 2 aliphatic rings. The van der Waals surface area contributed by atoms with Gasteiger partial charge >= 0.3 is 0 Å². The Labute approximate surface area is 168 Å². The van der Waals surface area contributed by atoms with Gasteiger partial charge in [0.05, 0.1) is 12.6 Å². The third-order valence-electron chi connectivity index (χ3n) is 6.52. The van der Waals surface area contributed by atoms with Crippen LogP contribution in [0.3, 0.4) is 0 Å². The minimum Gasteiger partial charge on any atom is -0.508 e. The van der Waals surface area contributed by atoms with Gasteiger partial charge in [-0.25, -0.2) is 0 Å². The van der Waals surface area contributed by atoms with Crippen molar-refractivity contribution in [3.8, 4) is 5.75 Å². The van der Waals surface area contributed by atoms with Crippen LogP contribution in [0.25, 0.3) is 5.76 Å². The van der Waals surface area contributed by atoms with Crippen LogP contribution in [0.1, 0.15) is 56.1 Å². The minimum absolute atomic E-state index is 0.0552. The summed E-state index contributed by atoms with van der Waals surface area (Å²) in [5.74, 6) is 1.68. The van der Waals surface area contributed by atoms with Gasteiger partial charge in [-0.05, 0) is 87.5 Å². The van der Waals surface area contributed by atoms with Crippen molar-refractivity contribution in [3.05, 3.63) is 35.9 Å². The summed E-state index contributed by atoms with van der Waals surface area (Å²) in [4.78, 5) is 14.5. The highest BCUT2D eigenvalue weighted by molar-refractivity contribution is 5.82. The first-order chi connectivity index (χ1) is 13.3. The van der Waals surface area contributed by atoms with E-state index in [1.54, 1.807) is 0 Å². The van der Waals surface area contributed by atoms with Crippen LogP contribution < -0.4 is 10.5 Å². The number of amides is 1. The molecule has 2 aliphatic carbocycles. The molecule has 0 aromatic heterocycles. The molecule has 2 fully saturated rings. The van der Waals surface area contributed by atoms with E-state index in [9.17, 15) is 9.90 Å². The fraction of sp³-hybridized carbons (Fsp3) is 0.609. The van der Waals surface area contributed by atoms with Crippen molar-refractivity contribution in [3.63, 3.8) is 0 Å². The van der Waals surface area contributed by atoms with Crippen molar-refractivity contribution in [1.29, 1.82) is 0 Å². The number of carbonyl (C=O) groups excluding carboxylic acids is 1. The number of aryl methyl sites for hydroxylation is 1. The molecule has 28 heavy (non-hydrogen) atoms. The second-order valence-electron chi connectivity index (χ2n) is 8.63. The van der Waals surface area contributed by atoms with E-state index in [-0.39, 0.29) is 23.6 Å². The zero-order valence-corrected chi connectivity index (χ0v) is 17.2. The first kappa shape index (κ1) is 20.7. The number of ether oxygens (including phenoxy) is 1. The highest BCUT2D eigenvalue weighted by atomic mass is 16.5. The average Bonchev–Trinajstić information content (AvgIpc) is 2.63. The maximum atomic E-state index is 12.6. The largest absolute Gasteiger partial charge is 0.508 e. The SMILES string of the molecule is C=C(O)c1cc(C)cc(OCC2CCC([C@H](N)C(=O)N(C)C3CCC3)CC2)c1. The van der Waals surface area contributed by atoms with Gasteiger partial charge in [0.15, 0.2) is 0 Å². The van der Waals surface area contributed by atoms with Gasteiger partial charge in [-0.2, -0.15) is 0 Å². The van der Waals surface area contributed by atoms with Gasteiger partial charge in [0.2, 0.25) is 5.91 Å². The molecule has 0 bridgehead atoms. The number of nitrogens with two attached hydrogens (primary N) is 1. The molecule has 5 heteroatoms. The van der Waals surface area contributed by atoms with Crippen molar-refractivity contribution in [2.45, 2.75) is 64.0 Å². The average molecular weight is 387 g/mol. The number of likely N-dealkylation sites (N-methyl/N-ethyl adjacent to an activating group) is 1. The number of aliphatic hydroxyl groups is 1. The monoisotopic (exact) mass is 386 g/mol. The summed E-state index contributed by atoms with van der Waals surface area (Å²) in [6.45, 7) is 6.21. The van der Waals surface area contributed by atoms with Crippen LogP contribution in [0.4, 0.5) is 0 Å². The molecular formula is C23H34N2O3. The molecule has 0 aliphatic heterocycles. The van der Waals surface area contributed by atoms with Gasteiger partial charge in [0.25, 0.3) is 0 Å². The number of carbonyl (C=O) groups is 1. The number of benzene rings is 1. The zero-order valence-electron chi connectivity index (χ0n) is 17.2. The number of hydrogen-bond acceptors (Lipinski definition) is 4. The van der Waals surface area contributed by atoms with Gasteiger partial charge in [-0.15, -0.1) is 0 Å². The number of rotatable bonds is 7. The Bertz CT molecular complexity index is 706. The molecule has 0 unspecified atom stereocenters. The van der Waals surface area contributed by atoms with Crippen LogP contribution in [-0.2, 0) is 4.79 Å². The highest BCUT2D eigenvalue weighted by Crippen LogP contribution is 2.33. The fourth-order valence-electron chi connectivity index (χ4n) is 4.32. The van der Waals surface area contributed by atoms with Gasteiger partial charge in [0, 0.05) is 18.7 Å². The first-order valence-electron chi connectivity index (χ1n) is 10.5. The van der Waals surface area contributed by atoms with Crippen LogP contribution in [0.15, 0.2) is 24.8 Å². The lowest BCUT2D eigenvalue weighted by molar-refractivity contribution is -0.136. The van der Waals surface area contributed by atoms with Crippen molar-refractivity contribution < 1.29 is 14.6 Å². The predicted octanol–water partition coefficient (Wildman–Crippen LogP) is 4.05. The Kier molecular flexibility index (Phi) is 6.65. The predicted molar refractivity (Wildman–Crippen MR) is 112 cm³/mol. The van der Waals surface area contributed by atoms with E-state index in [4.69, 9.17) is 10.5 Å². The lowest BCUT2D eigenvalue weighted by Crippen LogP contribution is -2.52. The van der Waals surface area contributed by atoms with Crippen LogP contribution in [0, 0.1) is 18.8 Å². The Hall–Kier alpha value is -2.01. The summed E-state index contributed by atoms with van der Waals surface area (Å²) >= 11 is 0. The topological polar surface area (TPSA) is 75.8 Å². The van der Waals surface area contributed by atoms with Gasteiger partial charge in [0.1, 0.15) is 11.5 Å². The van der Waals surface area contributed by atoms with Crippen molar-refractivity contribution >= 4 is 11.7 Å². The lowest BCUT2D eigenvalue weighted by Gasteiger charge is -2.38. The molecular weight excluding hydrogens is 352 g/mol. The fourth-order valence-corrected chi connectivity index (χ4v) is 4.32. The molecule has 0 radical (unpaired) electrons. The summed E-state index contributed by atoms with van der Waals surface area (Å²) in [5.41, 5.74) is 8.05. The molecule has 3 N–H and O–H groups in total. The summed E-state index contributed by atoms with van der Waals surface area (Å²) in [7, 11) is 1.91. The maximum absolute atomic E-state index is 12.6. The second-order valence-corrected chi connectivity index (χ2v) is 8.63. The number of nitrogens with zero attached hydrogens (tertiary/aromatic N) is 1. The van der Waals surface area contributed by atoms with E-state index in [0.29, 0.717) is 24.1 Å². The van der Waals surface area contributed by atoms with Crippen molar-refractivity contribution in [2.75, 3.05) is 13.7 Å². The molecule has 1 amide bonds. The summed E-state index contributed by atoms with van der Waals surface area (Å²) in [6, 6.07) is 5.72. The molecule has 1 aromatic rings. The van der Waals surface area contributed by atoms with E-state index in [0.717, 1.165) is 49.8 Å². The number of aliphatic hydroxyl groups excluding tert-OH is 1. The molecule has 0 heterocycles. The third kappa shape index (κ3) is 4.88. The van der Waals surface area contributed by atoms with E-state index in [1.165, 1.54) is 6.42 Å². The second kappa shape index (κ2) is 8.99. The van der Waals surface area contributed by atoms with Gasteiger partial charge in [-0.1, -0.05) is 6.58 Å². The summed E-state index contributed by atoms with van der Waals surface area (Å²) in [5, 5.41) is 9.62. The Morgan fingerprint density at radius 1 is 1.25 bits per heavy atom. The normalized spacial score (nSPS) is 23.5. The Morgan fingerprint density at radius 3 is 2.50 bits per heavy atom. The lowest BCUT2D eigenvalue weighted by atomic mass is 9.78. The molecule has 0 spiro atoms. The molecule has 1 aromatic carbocycles. The smallest absolute Gasteiger partial charge is 0.239 e. The quantitative estimate of drug-likeness (QED) is 0.693. The van der Waals surface area contributed by atoms with E-state index in [1.807, 2.05) is 37.1 Å². The van der Waals surface area contributed by atoms with Crippen molar-refractivity contribution in [1.82, 2.24) is 4.90 Å². The zero-order chi connectivity index (χ0) is 20.3. The molecule has 5 nitrogen and oxygen atoms in total. The standard InChI is InChI=1S/C23H34N2O3/c1-15-11-19(16(2)26)13-21(12-15)28-14-17-7-9-18(10-8-17)22(24)23(27)25(3)20-5-4-6-20/h11-13,17-18,20,22,26H,2,4-10,14,24H2,1,3H3/t17?,18?,22-/m0/s1. The third-order valence-corrected chi connectivity index (χ3v) is 6.52. The van der Waals surface area contributed by atoms with Gasteiger partial charge in [-0.3, -0.25) is 4.79 Å². The van der Waals surface area contributed by atoms with Crippen LogP contribution in [0.2, 0.25) is 0 Å². The van der Waals surface area contributed by atoms with Crippen LogP contribution in [-0.4, -0.2) is 41.7 Å². The van der Waals surface area contributed by atoms with Gasteiger partial charge < -0.3 is 20.5 Å². The molecule has 1 atom stereocenters. The maximum Gasteiger partial charge on any atom is 0.239 e.